The van der Waals surface area contributed by atoms with E-state index in [0.717, 1.165) is 0 Å². The van der Waals surface area contributed by atoms with Crippen LogP contribution in [0.5, 0.6) is 0 Å². The second-order valence-electron chi connectivity index (χ2n) is 7.15. The first-order valence-corrected chi connectivity index (χ1v) is 10.6. The fourth-order valence-electron chi connectivity index (χ4n) is 3.33. The molecule has 162 valence electrons. The second-order valence-corrected chi connectivity index (χ2v) is 8.59. The van der Waals surface area contributed by atoms with E-state index in [0.29, 0.717) is 31.0 Å². The molecule has 2 fully saturated rings. The van der Waals surface area contributed by atoms with Gasteiger partial charge in [0.15, 0.2) is 0 Å². The van der Waals surface area contributed by atoms with Gasteiger partial charge in [-0.3, -0.25) is 18.9 Å². The first-order valence-electron chi connectivity index (χ1n) is 9.11. The number of aromatic amines is 1. The van der Waals surface area contributed by atoms with Gasteiger partial charge in [-0.05, 0) is 6.92 Å². The summed E-state index contributed by atoms with van der Waals surface area (Å²) in [6.45, 7) is 2.73. The molecule has 0 aliphatic carbocycles. The third-order valence-corrected chi connectivity index (χ3v) is 5.93. The fraction of sp³-hybridized carbons (Fsp3) is 0.688. The lowest BCUT2D eigenvalue weighted by Gasteiger charge is -2.20. The topological polar surface area (TPSA) is 139 Å². The Morgan fingerprint density at radius 2 is 2.00 bits per heavy atom. The summed E-state index contributed by atoms with van der Waals surface area (Å²) in [6, 6.07) is 0. The third kappa shape index (κ3) is 4.78. The summed E-state index contributed by atoms with van der Waals surface area (Å²) in [5.41, 5.74) is -0.703. The molecule has 0 aromatic carbocycles. The normalized spacial score (nSPS) is 26.8. The van der Waals surface area contributed by atoms with Crippen LogP contribution in [0.4, 0.5) is 0 Å². The molecule has 13 heteroatoms. The van der Waals surface area contributed by atoms with Gasteiger partial charge >= 0.3 is 13.4 Å². The average molecular weight is 431 g/mol. The lowest BCUT2D eigenvalue weighted by atomic mass is 10.2. The first-order chi connectivity index (χ1) is 13.6. The maximum absolute atomic E-state index is 12.4. The number of nitrogens with zero attached hydrogens (tertiary/aromatic N) is 4. The number of hydrogen-bond donors (Lipinski definition) is 2. The monoisotopic (exact) mass is 431 g/mol. The van der Waals surface area contributed by atoms with E-state index in [9.17, 15) is 19.0 Å². The Labute approximate surface area is 167 Å². The van der Waals surface area contributed by atoms with E-state index in [2.05, 4.69) is 9.75 Å². The maximum atomic E-state index is 12.4. The van der Waals surface area contributed by atoms with Crippen LogP contribution in [0.1, 0.15) is 18.2 Å². The number of aryl methyl sites for hydroxylation is 1. The maximum Gasteiger partial charge on any atom is 0.454 e. The van der Waals surface area contributed by atoms with Crippen LogP contribution in [0.3, 0.4) is 0 Å². The minimum atomic E-state index is -4.27. The van der Waals surface area contributed by atoms with Crippen LogP contribution in [0, 0.1) is 6.92 Å². The summed E-state index contributed by atoms with van der Waals surface area (Å²) in [7, 11) is 0.761. The lowest BCUT2D eigenvalue weighted by molar-refractivity contribution is -0.0501. The van der Waals surface area contributed by atoms with Crippen molar-refractivity contribution in [2.45, 2.75) is 31.8 Å². The van der Waals surface area contributed by atoms with Crippen molar-refractivity contribution in [1.29, 1.82) is 0 Å². The summed E-state index contributed by atoms with van der Waals surface area (Å²) >= 11 is 0. The van der Waals surface area contributed by atoms with Gasteiger partial charge in [-0.15, -0.1) is 4.76 Å². The summed E-state index contributed by atoms with van der Waals surface area (Å²) in [6.07, 6.45) is -0.136. The number of rotatable bonds is 6. The molecule has 2 aliphatic heterocycles. The second kappa shape index (κ2) is 8.41. The standard InChI is InChI=1S/C16H26N5O7P/c1-10-8-21(16(23)17-14(10)22)13-7-11(26-4)12(28-13)9-27-29(24,25)18-15-19(2)5-6-20(15)3/h8,11-13H,5-7,9H2,1-4H3,(H,24,25)(H,17,22,23)/t11?,12-,13-/m1/s1. The van der Waals surface area contributed by atoms with Gasteiger partial charge in [-0.25, -0.2) is 9.36 Å². The van der Waals surface area contributed by atoms with Crippen LogP contribution in [-0.4, -0.2) is 83.3 Å². The fourth-order valence-corrected chi connectivity index (χ4v) is 4.26. The molecule has 2 unspecified atom stereocenters. The highest BCUT2D eigenvalue weighted by Gasteiger charge is 2.39. The summed E-state index contributed by atoms with van der Waals surface area (Å²) < 4.78 is 33.9. The van der Waals surface area contributed by atoms with E-state index >= 15 is 0 Å². The number of guanidine groups is 1. The molecule has 2 saturated heterocycles. The van der Waals surface area contributed by atoms with Crippen molar-refractivity contribution in [2.24, 2.45) is 4.76 Å². The highest BCUT2D eigenvalue weighted by Crippen LogP contribution is 2.45. The van der Waals surface area contributed by atoms with Crippen molar-refractivity contribution < 1.29 is 23.5 Å². The molecule has 0 amide bonds. The van der Waals surface area contributed by atoms with Gasteiger partial charge in [-0.2, -0.15) is 0 Å². The Hall–Kier alpha value is -1.98. The van der Waals surface area contributed by atoms with Gasteiger partial charge in [0.05, 0.1) is 12.7 Å². The highest BCUT2D eigenvalue weighted by molar-refractivity contribution is 7.51. The van der Waals surface area contributed by atoms with E-state index in [1.54, 1.807) is 30.8 Å². The molecule has 12 nitrogen and oxygen atoms in total. The van der Waals surface area contributed by atoms with E-state index < -0.39 is 37.4 Å². The van der Waals surface area contributed by atoms with Gasteiger partial charge in [0.2, 0.25) is 5.96 Å². The number of ether oxygens (including phenoxy) is 2. The summed E-state index contributed by atoms with van der Waals surface area (Å²) in [5.74, 6) is 0.375. The van der Waals surface area contributed by atoms with Gasteiger partial charge < -0.3 is 24.2 Å². The zero-order valence-corrected chi connectivity index (χ0v) is 17.7. The van der Waals surface area contributed by atoms with Crippen LogP contribution < -0.4 is 11.2 Å². The molecule has 1 aromatic rings. The molecule has 2 aliphatic rings. The Kier molecular flexibility index (Phi) is 6.30. The molecule has 4 atom stereocenters. The molecule has 3 rings (SSSR count). The predicted octanol–water partition coefficient (Wildman–Crippen LogP) is -0.502. The van der Waals surface area contributed by atoms with Crippen molar-refractivity contribution in [3.63, 3.8) is 0 Å². The molecule has 3 heterocycles. The Balaban J connectivity index is 1.70. The van der Waals surface area contributed by atoms with Crippen molar-refractivity contribution in [1.82, 2.24) is 19.4 Å². The third-order valence-electron chi connectivity index (χ3n) is 5.02. The molecule has 0 bridgehead atoms. The number of nitrogens with one attached hydrogen (secondary N) is 1. The summed E-state index contributed by atoms with van der Waals surface area (Å²) in [5, 5.41) is 0. The van der Waals surface area contributed by atoms with Crippen molar-refractivity contribution in [3.8, 4) is 0 Å². The number of hydrogen-bond acceptors (Lipinski definition) is 6. The van der Waals surface area contributed by atoms with E-state index in [1.165, 1.54) is 17.9 Å². The quantitative estimate of drug-likeness (QED) is 0.571. The number of aromatic nitrogens is 2. The molecule has 29 heavy (non-hydrogen) atoms. The predicted molar refractivity (Wildman–Crippen MR) is 104 cm³/mol. The average Bonchev–Trinajstić information content (AvgIpc) is 3.21. The SMILES string of the molecule is COC1C[C@H](n2cc(C)c(=O)[nH]c2=O)O[C@@H]1COP(=O)(O)N=C1N(C)CCN1C. The molecular weight excluding hydrogens is 405 g/mol. The number of H-pyrrole nitrogens is 1. The Morgan fingerprint density at radius 3 is 2.62 bits per heavy atom. The van der Waals surface area contributed by atoms with Crippen LogP contribution in [0.15, 0.2) is 20.5 Å². The minimum Gasteiger partial charge on any atom is -0.378 e. The zero-order chi connectivity index (χ0) is 21.3. The Morgan fingerprint density at radius 1 is 1.34 bits per heavy atom. The van der Waals surface area contributed by atoms with Gasteiger partial charge in [-0.1, -0.05) is 0 Å². The molecule has 1 aromatic heterocycles. The van der Waals surface area contributed by atoms with Crippen molar-refractivity contribution >= 4 is 13.7 Å². The van der Waals surface area contributed by atoms with Crippen LogP contribution in [0.2, 0.25) is 0 Å². The first kappa shape index (κ1) is 21.7. The van der Waals surface area contributed by atoms with Gasteiger partial charge in [0.25, 0.3) is 5.56 Å². The minimum absolute atomic E-state index is 0.246. The van der Waals surface area contributed by atoms with Gasteiger partial charge in [0, 0.05) is 52.5 Å². The largest absolute Gasteiger partial charge is 0.454 e. The lowest BCUT2D eigenvalue weighted by Crippen LogP contribution is -2.33. The molecule has 0 spiro atoms. The number of methoxy groups -OCH3 is 1. The van der Waals surface area contributed by atoms with E-state index in [4.69, 9.17) is 14.0 Å². The highest BCUT2D eigenvalue weighted by atomic mass is 31.2. The van der Waals surface area contributed by atoms with Crippen molar-refractivity contribution in [3.05, 3.63) is 32.6 Å². The molecular formula is C16H26N5O7P. The van der Waals surface area contributed by atoms with E-state index in [-0.39, 0.29) is 6.61 Å². The number of likely N-dealkylation sites (N-methyl/N-ethyl adjacent to an activating group) is 2. The van der Waals surface area contributed by atoms with E-state index in [1.807, 2.05) is 0 Å². The Bertz CT molecular complexity index is 932. The smallest absolute Gasteiger partial charge is 0.378 e. The summed E-state index contributed by atoms with van der Waals surface area (Å²) in [4.78, 5) is 39.5. The molecule has 2 N–H and O–H groups in total. The molecule has 0 radical (unpaired) electrons. The van der Waals surface area contributed by atoms with Crippen LogP contribution >= 0.6 is 7.75 Å². The van der Waals surface area contributed by atoms with Crippen LogP contribution in [-0.2, 0) is 18.6 Å². The van der Waals surface area contributed by atoms with Crippen molar-refractivity contribution in [2.75, 3.05) is 40.9 Å². The van der Waals surface area contributed by atoms with Gasteiger partial charge in [0.1, 0.15) is 12.3 Å². The van der Waals surface area contributed by atoms with Crippen LogP contribution in [0.25, 0.3) is 0 Å². The molecule has 0 saturated carbocycles. The zero-order valence-electron chi connectivity index (χ0n) is 16.8.